The molecule has 1 aliphatic rings. The molecule has 0 aromatic heterocycles. The SMILES string of the molecule is CN=C(NCCCOCC1CC1)NCC(C)(C)c1ccccc1.I. The number of nitrogens with one attached hydrogen (secondary N) is 2. The fourth-order valence-corrected chi connectivity index (χ4v) is 2.43. The van der Waals surface area contributed by atoms with Crippen LogP contribution in [0.1, 0.15) is 38.7 Å². The molecule has 0 unspecified atom stereocenters. The number of ether oxygens (including phenoxy) is 1. The highest BCUT2D eigenvalue weighted by molar-refractivity contribution is 14.0. The summed E-state index contributed by atoms with van der Waals surface area (Å²) in [6, 6.07) is 10.6. The third-order valence-corrected chi connectivity index (χ3v) is 4.29. The van der Waals surface area contributed by atoms with E-state index in [0.717, 1.165) is 44.6 Å². The third kappa shape index (κ3) is 7.83. The molecule has 0 saturated heterocycles. The Kier molecular flexibility index (Phi) is 9.66. The van der Waals surface area contributed by atoms with E-state index < -0.39 is 0 Å². The zero-order valence-electron chi connectivity index (χ0n) is 15.2. The van der Waals surface area contributed by atoms with E-state index in [1.54, 1.807) is 0 Å². The fourth-order valence-electron chi connectivity index (χ4n) is 2.43. The van der Waals surface area contributed by atoms with Crippen molar-refractivity contribution in [2.45, 2.75) is 38.5 Å². The first kappa shape index (κ1) is 21.2. The number of benzene rings is 1. The Bertz CT molecular complexity index is 487. The standard InChI is InChI=1S/C19H31N3O.HI/c1-19(2,17-8-5-4-6-9-17)15-22-18(20-3)21-12-7-13-23-14-16-10-11-16;/h4-6,8-9,16H,7,10-15H2,1-3H3,(H2,20,21,22);1H. The van der Waals surface area contributed by atoms with Crippen molar-refractivity contribution in [2.24, 2.45) is 10.9 Å². The molecule has 1 saturated carbocycles. The van der Waals surface area contributed by atoms with Gasteiger partial charge in [-0.05, 0) is 30.7 Å². The lowest BCUT2D eigenvalue weighted by Crippen LogP contribution is -2.43. The highest BCUT2D eigenvalue weighted by Crippen LogP contribution is 2.28. The van der Waals surface area contributed by atoms with E-state index in [2.05, 4.69) is 59.8 Å². The maximum atomic E-state index is 5.64. The highest BCUT2D eigenvalue weighted by atomic mass is 127. The lowest BCUT2D eigenvalue weighted by molar-refractivity contribution is 0.123. The van der Waals surface area contributed by atoms with Gasteiger partial charge in [-0.1, -0.05) is 44.2 Å². The molecule has 0 bridgehead atoms. The van der Waals surface area contributed by atoms with Gasteiger partial charge >= 0.3 is 0 Å². The summed E-state index contributed by atoms with van der Waals surface area (Å²) in [5.41, 5.74) is 1.39. The molecule has 1 aromatic carbocycles. The molecule has 0 amide bonds. The van der Waals surface area contributed by atoms with Gasteiger partial charge in [0, 0.05) is 38.8 Å². The smallest absolute Gasteiger partial charge is 0.191 e. The number of hydrogen-bond donors (Lipinski definition) is 2. The Morgan fingerprint density at radius 1 is 1.21 bits per heavy atom. The predicted molar refractivity (Wildman–Crippen MR) is 112 cm³/mol. The van der Waals surface area contributed by atoms with Crippen LogP contribution in [-0.4, -0.2) is 39.3 Å². The number of halogens is 1. The molecule has 4 nitrogen and oxygen atoms in total. The number of hydrogen-bond acceptors (Lipinski definition) is 2. The molecule has 0 radical (unpaired) electrons. The Hall–Kier alpha value is -0.820. The Labute approximate surface area is 163 Å². The van der Waals surface area contributed by atoms with E-state index >= 15 is 0 Å². The fraction of sp³-hybridized carbons (Fsp3) is 0.632. The van der Waals surface area contributed by atoms with Crippen molar-refractivity contribution in [2.75, 3.05) is 33.4 Å². The third-order valence-electron chi connectivity index (χ3n) is 4.29. The lowest BCUT2D eigenvalue weighted by Gasteiger charge is -2.26. The zero-order valence-corrected chi connectivity index (χ0v) is 17.5. The van der Waals surface area contributed by atoms with Gasteiger partial charge in [0.1, 0.15) is 0 Å². The minimum atomic E-state index is 0. The normalized spacial score (nSPS) is 14.9. The first-order valence-corrected chi connectivity index (χ1v) is 8.69. The first-order chi connectivity index (χ1) is 11.1. The topological polar surface area (TPSA) is 45.7 Å². The van der Waals surface area contributed by atoms with E-state index in [9.17, 15) is 0 Å². The van der Waals surface area contributed by atoms with Crippen LogP contribution in [-0.2, 0) is 10.2 Å². The minimum absolute atomic E-state index is 0. The van der Waals surface area contributed by atoms with Gasteiger partial charge in [0.2, 0.25) is 0 Å². The number of nitrogens with zero attached hydrogens (tertiary/aromatic N) is 1. The average molecular weight is 445 g/mol. The molecule has 0 atom stereocenters. The van der Waals surface area contributed by atoms with Gasteiger partial charge in [0.05, 0.1) is 0 Å². The van der Waals surface area contributed by atoms with Crippen molar-refractivity contribution in [1.82, 2.24) is 10.6 Å². The molecule has 0 spiro atoms. The molecule has 2 rings (SSSR count). The second kappa shape index (κ2) is 10.9. The molecule has 0 aliphatic heterocycles. The van der Waals surface area contributed by atoms with Gasteiger partial charge in [-0.2, -0.15) is 0 Å². The summed E-state index contributed by atoms with van der Waals surface area (Å²) >= 11 is 0. The van der Waals surface area contributed by atoms with Crippen molar-refractivity contribution in [3.05, 3.63) is 35.9 Å². The second-order valence-electron chi connectivity index (χ2n) is 6.97. The van der Waals surface area contributed by atoms with Crippen molar-refractivity contribution in [1.29, 1.82) is 0 Å². The molecule has 2 N–H and O–H groups in total. The molecule has 1 fully saturated rings. The summed E-state index contributed by atoms with van der Waals surface area (Å²) in [5, 5.41) is 6.78. The van der Waals surface area contributed by atoms with Gasteiger partial charge < -0.3 is 15.4 Å². The largest absolute Gasteiger partial charge is 0.381 e. The van der Waals surface area contributed by atoms with Crippen LogP contribution in [0.4, 0.5) is 0 Å². The lowest BCUT2D eigenvalue weighted by atomic mass is 9.85. The van der Waals surface area contributed by atoms with Crippen LogP contribution in [0.3, 0.4) is 0 Å². The van der Waals surface area contributed by atoms with Crippen LogP contribution in [0.15, 0.2) is 35.3 Å². The number of aliphatic imine (C=N–C) groups is 1. The summed E-state index contributed by atoms with van der Waals surface area (Å²) in [6.07, 6.45) is 3.72. The summed E-state index contributed by atoms with van der Waals surface area (Å²) in [4.78, 5) is 4.29. The Balaban J connectivity index is 0.00000288. The van der Waals surface area contributed by atoms with E-state index in [-0.39, 0.29) is 29.4 Å². The first-order valence-electron chi connectivity index (χ1n) is 8.69. The molecule has 24 heavy (non-hydrogen) atoms. The van der Waals surface area contributed by atoms with Crippen LogP contribution in [0, 0.1) is 5.92 Å². The minimum Gasteiger partial charge on any atom is -0.381 e. The molecule has 5 heteroatoms. The van der Waals surface area contributed by atoms with E-state index in [4.69, 9.17) is 4.74 Å². The predicted octanol–water partition coefficient (Wildman–Crippen LogP) is 3.56. The van der Waals surface area contributed by atoms with Crippen LogP contribution in [0.2, 0.25) is 0 Å². The molecular weight excluding hydrogens is 413 g/mol. The molecule has 136 valence electrons. The van der Waals surface area contributed by atoms with Gasteiger partial charge in [0.25, 0.3) is 0 Å². The van der Waals surface area contributed by atoms with Gasteiger partial charge in [-0.15, -0.1) is 24.0 Å². The van der Waals surface area contributed by atoms with Gasteiger partial charge in [-0.25, -0.2) is 0 Å². The summed E-state index contributed by atoms with van der Waals surface area (Å²) in [7, 11) is 1.81. The van der Waals surface area contributed by atoms with Crippen LogP contribution >= 0.6 is 24.0 Å². The summed E-state index contributed by atoms with van der Waals surface area (Å²) < 4.78 is 5.64. The molecule has 0 heterocycles. The van der Waals surface area contributed by atoms with Gasteiger partial charge in [0.15, 0.2) is 5.96 Å². The average Bonchev–Trinajstić information content (AvgIpc) is 3.38. The summed E-state index contributed by atoms with van der Waals surface area (Å²) in [5.74, 6) is 1.70. The Morgan fingerprint density at radius 2 is 1.92 bits per heavy atom. The maximum Gasteiger partial charge on any atom is 0.191 e. The molecule has 1 aromatic rings. The van der Waals surface area contributed by atoms with Crippen LogP contribution in [0.25, 0.3) is 0 Å². The molecule has 1 aliphatic carbocycles. The monoisotopic (exact) mass is 445 g/mol. The van der Waals surface area contributed by atoms with Crippen molar-refractivity contribution >= 4 is 29.9 Å². The van der Waals surface area contributed by atoms with E-state index in [1.165, 1.54) is 18.4 Å². The van der Waals surface area contributed by atoms with Crippen molar-refractivity contribution in [3.63, 3.8) is 0 Å². The maximum absolute atomic E-state index is 5.64. The quantitative estimate of drug-likeness (QED) is 0.265. The number of guanidine groups is 1. The van der Waals surface area contributed by atoms with Crippen molar-refractivity contribution in [3.8, 4) is 0 Å². The Morgan fingerprint density at radius 3 is 2.54 bits per heavy atom. The summed E-state index contributed by atoms with van der Waals surface area (Å²) in [6.45, 7) is 7.99. The van der Waals surface area contributed by atoms with Gasteiger partial charge in [-0.3, -0.25) is 4.99 Å². The second-order valence-corrected chi connectivity index (χ2v) is 6.97. The van der Waals surface area contributed by atoms with Crippen molar-refractivity contribution < 1.29 is 4.74 Å². The molecular formula is C19H32IN3O. The zero-order chi connectivity index (χ0) is 16.5. The van der Waals surface area contributed by atoms with Crippen LogP contribution in [0.5, 0.6) is 0 Å². The van der Waals surface area contributed by atoms with E-state index in [0.29, 0.717) is 0 Å². The van der Waals surface area contributed by atoms with E-state index in [1.807, 2.05) is 7.05 Å². The number of rotatable bonds is 9. The van der Waals surface area contributed by atoms with Crippen LogP contribution < -0.4 is 10.6 Å². The highest BCUT2D eigenvalue weighted by Gasteiger charge is 2.21.